The second kappa shape index (κ2) is 5.59. The van der Waals surface area contributed by atoms with Crippen molar-refractivity contribution < 1.29 is 4.79 Å². The molecule has 0 radical (unpaired) electrons. The molecule has 1 aromatic rings. The maximum Gasteiger partial charge on any atom is 0.235 e. The van der Waals surface area contributed by atoms with Crippen molar-refractivity contribution in [3.8, 4) is 0 Å². The first-order valence-electron chi connectivity index (χ1n) is 4.35. The molecule has 82 valence electrons. The van der Waals surface area contributed by atoms with E-state index < -0.39 is 0 Å². The van der Waals surface area contributed by atoms with E-state index in [1.807, 2.05) is 13.0 Å². The number of halogens is 3. The van der Waals surface area contributed by atoms with E-state index in [0.29, 0.717) is 10.0 Å². The predicted octanol–water partition coefficient (Wildman–Crippen LogP) is 3.41. The average Bonchev–Trinajstić information content (AvgIpc) is 2.21. The summed E-state index contributed by atoms with van der Waals surface area (Å²) in [6, 6.07) is 5.10. The lowest BCUT2D eigenvalue weighted by atomic mass is 10.1. The fraction of sp³-hybridized carbons (Fsp3) is 0.300. The molecule has 1 aromatic carbocycles. The molecule has 0 heterocycles. The van der Waals surface area contributed by atoms with Crippen LogP contribution in [0.2, 0.25) is 10.0 Å². The third kappa shape index (κ3) is 3.56. The molecule has 0 aliphatic rings. The second-order valence-electron chi connectivity index (χ2n) is 3.10. The van der Waals surface area contributed by atoms with Gasteiger partial charge in [-0.25, -0.2) is 0 Å². The van der Waals surface area contributed by atoms with E-state index in [2.05, 4.69) is 5.32 Å². The van der Waals surface area contributed by atoms with Crippen molar-refractivity contribution >= 4 is 40.7 Å². The van der Waals surface area contributed by atoms with Gasteiger partial charge in [-0.05, 0) is 24.6 Å². The molecule has 0 saturated heterocycles. The highest BCUT2D eigenvalue weighted by atomic mass is 35.5. The summed E-state index contributed by atoms with van der Waals surface area (Å²) in [6.07, 6.45) is 0. The molecule has 5 heteroatoms. The van der Waals surface area contributed by atoms with Crippen LogP contribution >= 0.6 is 34.8 Å². The van der Waals surface area contributed by atoms with Crippen LogP contribution in [0.5, 0.6) is 0 Å². The van der Waals surface area contributed by atoms with Gasteiger partial charge in [0.15, 0.2) is 0 Å². The van der Waals surface area contributed by atoms with Crippen molar-refractivity contribution in [2.24, 2.45) is 0 Å². The first-order valence-corrected chi connectivity index (χ1v) is 5.64. The number of carbonyl (C=O) groups excluding carboxylic acids is 1. The van der Waals surface area contributed by atoms with Crippen molar-refractivity contribution in [3.05, 3.63) is 33.8 Å². The van der Waals surface area contributed by atoms with Crippen LogP contribution in [0.15, 0.2) is 18.2 Å². The molecule has 0 aliphatic carbocycles. The van der Waals surface area contributed by atoms with E-state index in [0.717, 1.165) is 5.56 Å². The minimum atomic E-state index is -0.213. The molecule has 2 nitrogen and oxygen atoms in total. The summed E-state index contributed by atoms with van der Waals surface area (Å²) < 4.78 is 0. The second-order valence-corrected chi connectivity index (χ2v) is 4.18. The fourth-order valence-corrected chi connectivity index (χ4v) is 1.53. The Kier molecular flexibility index (Phi) is 4.71. The lowest BCUT2D eigenvalue weighted by molar-refractivity contribution is -0.119. The van der Waals surface area contributed by atoms with E-state index >= 15 is 0 Å². The molecule has 15 heavy (non-hydrogen) atoms. The SMILES string of the molecule is C[C@H](NC(=O)CCl)c1ccc(Cl)c(Cl)c1. The summed E-state index contributed by atoms with van der Waals surface area (Å²) in [5.74, 6) is -0.263. The third-order valence-electron chi connectivity index (χ3n) is 1.94. The van der Waals surface area contributed by atoms with E-state index in [1.165, 1.54) is 0 Å². The normalized spacial score (nSPS) is 12.3. The number of rotatable bonds is 3. The molecular formula is C10H10Cl3NO. The topological polar surface area (TPSA) is 29.1 Å². The van der Waals surface area contributed by atoms with Crippen LogP contribution < -0.4 is 5.32 Å². The van der Waals surface area contributed by atoms with Gasteiger partial charge in [-0.2, -0.15) is 0 Å². The van der Waals surface area contributed by atoms with Crippen LogP contribution in [-0.4, -0.2) is 11.8 Å². The van der Waals surface area contributed by atoms with Crippen LogP contribution in [0, 0.1) is 0 Å². The Balaban J connectivity index is 2.78. The van der Waals surface area contributed by atoms with Crippen molar-refractivity contribution in [1.29, 1.82) is 0 Å². The van der Waals surface area contributed by atoms with Gasteiger partial charge >= 0.3 is 0 Å². The van der Waals surface area contributed by atoms with Crippen molar-refractivity contribution in [2.75, 3.05) is 5.88 Å². The Morgan fingerprint density at radius 1 is 1.40 bits per heavy atom. The van der Waals surface area contributed by atoms with Crippen molar-refractivity contribution in [3.63, 3.8) is 0 Å². The minimum Gasteiger partial charge on any atom is -0.349 e. The van der Waals surface area contributed by atoms with Crippen LogP contribution in [0.3, 0.4) is 0 Å². The summed E-state index contributed by atoms with van der Waals surface area (Å²) in [4.78, 5) is 11.0. The van der Waals surface area contributed by atoms with Gasteiger partial charge in [0, 0.05) is 0 Å². The summed E-state index contributed by atoms with van der Waals surface area (Å²) in [5.41, 5.74) is 0.892. The Labute approximate surface area is 104 Å². The maximum absolute atomic E-state index is 11.0. The highest BCUT2D eigenvalue weighted by Crippen LogP contribution is 2.25. The summed E-state index contributed by atoms with van der Waals surface area (Å²) in [5, 5.41) is 3.69. The number of hydrogen-bond acceptors (Lipinski definition) is 1. The van der Waals surface area contributed by atoms with Gasteiger partial charge in [-0.3, -0.25) is 4.79 Å². The van der Waals surface area contributed by atoms with Gasteiger partial charge < -0.3 is 5.32 Å². The Bertz CT molecular complexity index is 368. The largest absolute Gasteiger partial charge is 0.349 e. The maximum atomic E-state index is 11.0. The summed E-state index contributed by atoms with van der Waals surface area (Å²) in [6.45, 7) is 1.85. The molecule has 0 unspecified atom stereocenters. The van der Waals surface area contributed by atoms with E-state index in [4.69, 9.17) is 34.8 Å². The van der Waals surface area contributed by atoms with Gasteiger partial charge in [0.1, 0.15) is 5.88 Å². The molecule has 1 N–H and O–H groups in total. The minimum absolute atomic E-state index is 0.0499. The molecular weight excluding hydrogens is 256 g/mol. The van der Waals surface area contributed by atoms with E-state index in [9.17, 15) is 4.79 Å². The van der Waals surface area contributed by atoms with Gasteiger partial charge in [0.05, 0.1) is 16.1 Å². The van der Waals surface area contributed by atoms with E-state index in [1.54, 1.807) is 12.1 Å². The molecule has 1 amide bonds. The van der Waals surface area contributed by atoms with Crippen LogP contribution in [0.4, 0.5) is 0 Å². The number of hydrogen-bond donors (Lipinski definition) is 1. The Hall–Kier alpha value is -0.440. The van der Waals surface area contributed by atoms with Gasteiger partial charge in [-0.15, -0.1) is 11.6 Å². The lowest BCUT2D eigenvalue weighted by Gasteiger charge is -2.13. The smallest absolute Gasteiger partial charge is 0.235 e. The highest BCUT2D eigenvalue weighted by Gasteiger charge is 2.09. The van der Waals surface area contributed by atoms with E-state index in [-0.39, 0.29) is 17.8 Å². The van der Waals surface area contributed by atoms with Gasteiger partial charge in [0.2, 0.25) is 5.91 Å². The Morgan fingerprint density at radius 2 is 2.07 bits per heavy atom. The monoisotopic (exact) mass is 265 g/mol. The molecule has 1 atom stereocenters. The van der Waals surface area contributed by atoms with Crippen molar-refractivity contribution in [2.45, 2.75) is 13.0 Å². The Morgan fingerprint density at radius 3 is 2.60 bits per heavy atom. The zero-order valence-corrected chi connectivity index (χ0v) is 10.3. The number of carbonyl (C=O) groups is 1. The fourth-order valence-electron chi connectivity index (χ4n) is 1.15. The zero-order valence-electron chi connectivity index (χ0n) is 8.06. The zero-order chi connectivity index (χ0) is 11.4. The standard InChI is InChI=1S/C10H10Cl3NO/c1-6(14-10(15)5-11)7-2-3-8(12)9(13)4-7/h2-4,6H,5H2,1H3,(H,14,15)/t6-/m0/s1. The van der Waals surface area contributed by atoms with Crippen LogP contribution in [-0.2, 0) is 4.79 Å². The van der Waals surface area contributed by atoms with Crippen molar-refractivity contribution in [1.82, 2.24) is 5.32 Å². The van der Waals surface area contributed by atoms with Gasteiger partial charge in [-0.1, -0.05) is 29.3 Å². The summed E-state index contributed by atoms with van der Waals surface area (Å²) >= 11 is 17.0. The predicted molar refractivity (Wildman–Crippen MR) is 63.7 cm³/mol. The quantitative estimate of drug-likeness (QED) is 0.835. The van der Waals surface area contributed by atoms with Crippen LogP contribution in [0.1, 0.15) is 18.5 Å². The molecule has 1 rings (SSSR count). The first kappa shape index (κ1) is 12.6. The molecule has 0 bridgehead atoms. The number of nitrogens with one attached hydrogen (secondary N) is 1. The first-order chi connectivity index (χ1) is 7.04. The van der Waals surface area contributed by atoms with Crippen LogP contribution in [0.25, 0.3) is 0 Å². The number of amides is 1. The highest BCUT2D eigenvalue weighted by molar-refractivity contribution is 6.42. The molecule has 0 aromatic heterocycles. The third-order valence-corrected chi connectivity index (χ3v) is 2.92. The lowest BCUT2D eigenvalue weighted by Crippen LogP contribution is -2.27. The van der Waals surface area contributed by atoms with Gasteiger partial charge in [0.25, 0.3) is 0 Å². The summed E-state index contributed by atoms with van der Waals surface area (Å²) in [7, 11) is 0. The molecule has 0 aliphatic heterocycles. The molecule has 0 saturated carbocycles. The average molecular weight is 267 g/mol. The number of benzene rings is 1. The number of alkyl halides is 1. The molecule has 0 spiro atoms. The molecule has 0 fully saturated rings.